The number of thiophene rings is 1. The predicted octanol–water partition coefficient (Wildman–Crippen LogP) is 4.57. The van der Waals surface area contributed by atoms with Gasteiger partial charge in [-0.1, -0.05) is 36.4 Å². The number of nitrogens with one attached hydrogen (secondary N) is 2. The number of hydrogen-bond donors (Lipinski definition) is 3. The van der Waals surface area contributed by atoms with E-state index in [0.29, 0.717) is 11.3 Å². The Labute approximate surface area is 174 Å². The highest BCUT2D eigenvalue weighted by molar-refractivity contribution is 8.00. The number of para-hydroxylation sites is 2. The van der Waals surface area contributed by atoms with Crippen molar-refractivity contribution in [3.8, 4) is 5.75 Å². The monoisotopic (exact) mass is 424 g/mol. The van der Waals surface area contributed by atoms with E-state index in [1.165, 1.54) is 12.1 Å². The van der Waals surface area contributed by atoms with Gasteiger partial charge in [-0.25, -0.2) is 0 Å². The summed E-state index contributed by atoms with van der Waals surface area (Å²) >= 11 is 3.24. The van der Waals surface area contributed by atoms with Crippen molar-refractivity contribution in [2.24, 2.45) is 0 Å². The van der Waals surface area contributed by atoms with Crippen LogP contribution in [0.25, 0.3) is 11.0 Å². The van der Waals surface area contributed by atoms with E-state index in [9.17, 15) is 14.7 Å². The van der Waals surface area contributed by atoms with Crippen LogP contribution in [0.3, 0.4) is 0 Å². The fourth-order valence-corrected chi connectivity index (χ4v) is 4.63. The third-order valence-corrected chi connectivity index (χ3v) is 6.35. The van der Waals surface area contributed by atoms with Crippen molar-refractivity contribution in [1.82, 2.24) is 10.9 Å². The summed E-state index contributed by atoms with van der Waals surface area (Å²) in [7, 11) is 0. The van der Waals surface area contributed by atoms with Crippen LogP contribution >= 0.6 is 23.1 Å². The van der Waals surface area contributed by atoms with Crippen molar-refractivity contribution in [1.29, 1.82) is 0 Å². The number of carbonyl (C=O) groups is 2. The Balaban J connectivity index is 1.54. The first kappa shape index (κ1) is 19.1. The lowest BCUT2D eigenvalue weighted by atomic mass is 10.1. The zero-order chi connectivity index (χ0) is 20.2. The number of phenols is 1. The van der Waals surface area contributed by atoms with E-state index in [1.807, 2.05) is 35.7 Å². The molecule has 8 heteroatoms. The number of thioether (sulfide) groups is 1. The first-order chi connectivity index (χ1) is 14.1. The van der Waals surface area contributed by atoms with Gasteiger partial charge in [-0.15, -0.1) is 23.1 Å². The summed E-state index contributed by atoms with van der Waals surface area (Å²) in [4.78, 5) is 24.9. The minimum atomic E-state index is -0.623. The van der Waals surface area contributed by atoms with Crippen LogP contribution in [0.2, 0.25) is 0 Å². The standard InChI is InChI=1S/C21H16N2O4S2/c24-16-8-3-1-7-14(16)20(25)22-23-21(26)19-15(12-29-18-10-5-11-28-18)13-6-2-4-9-17(13)27-19/h1-11,24H,12H2,(H,22,25)(H,23,26). The van der Waals surface area contributed by atoms with Gasteiger partial charge in [-0.3, -0.25) is 20.4 Å². The molecule has 0 saturated heterocycles. The summed E-state index contributed by atoms with van der Waals surface area (Å²) in [6.45, 7) is 0. The molecule has 0 aliphatic carbocycles. The second-order valence-electron chi connectivity index (χ2n) is 6.05. The summed E-state index contributed by atoms with van der Waals surface area (Å²) in [6, 6.07) is 17.5. The van der Waals surface area contributed by atoms with Gasteiger partial charge in [0.2, 0.25) is 0 Å². The molecule has 146 valence electrons. The third kappa shape index (κ3) is 4.13. The number of hydrazine groups is 1. The van der Waals surface area contributed by atoms with E-state index in [-0.39, 0.29) is 17.1 Å². The summed E-state index contributed by atoms with van der Waals surface area (Å²) in [6.07, 6.45) is 0. The Bertz CT molecular complexity index is 1170. The Hall–Kier alpha value is -3.23. The molecule has 6 nitrogen and oxygen atoms in total. The SMILES string of the molecule is O=C(NNC(=O)c1oc2ccccc2c1CSc1cccs1)c1ccccc1O. The van der Waals surface area contributed by atoms with Gasteiger partial charge in [0.1, 0.15) is 11.3 Å². The first-order valence-corrected chi connectivity index (χ1v) is 10.6. The molecule has 0 saturated carbocycles. The lowest BCUT2D eigenvalue weighted by Crippen LogP contribution is -2.41. The van der Waals surface area contributed by atoms with Crippen molar-refractivity contribution >= 4 is 45.9 Å². The molecule has 2 aromatic heterocycles. The van der Waals surface area contributed by atoms with Crippen LogP contribution < -0.4 is 10.9 Å². The van der Waals surface area contributed by atoms with Crippen molar-refractivity contribution in [2.75, 3.05) is 0 Å². The minimum Gasteiger partial charge on any atom is -0.507 e. The lowest BCUT2D eigenvalue weighted by molar-refractivity contribution is 0.0830. The highest BCUT2D eigenvalue weighted by Gasteiger charge is 2.21. The molecule has 0 spiro atoms. The van der Waals surface area contributed by atoms with Gasteiger partial charge in [0.15, 0.2) is 5.76 Å². The van der Waals surface area contributed by atoms with E-state index in [4.69, 9.17) is 4.42 Å². The smallest absolute Gasteiger partial charge is 0.305 e. The summed E-state index contributed by atoms with van der Waals surface area (Å²) in [5, 5.41) is 12.6. The average molecular weight is 425 g/mol. The van der Waals surface area contributed by atoms with E-state index in [2.05, 4.69) is 10.9 Å². The van der Waals surface area contributed by atoms with Crippen LogP contribution in [0, 0.1) is 0 Å². The lowest BCUT2D eigenvalue weighted by Gasteiger charge is -2.08. The van der Waals surface area contributed by atoms with E-state index < -0.39 is 11.8 Å². The molecule has 29 heavy (non-hydrogen) atoms. The number of furan rings is 1. The van der Waals surface area contributed by atoms with Gasteiger partial charge in [-0.05, 0) is 29.6 Å². The quantitative estimate of drug-likeness (QED) is 0.323. The van der Waals surface area contributed by atoms with Crippen LogP contribution in [-0.4, -0.2) is 16.9 Å². The summed E-state index contributed by atoms with van der Waals surface area (Å²) in [5.41, 5.74) is 6.11. The van der Waals surface area contributed by atoms with E-state index in [0.717, 1.165) is 15.2 Å². The maximum atomic E-state index is 12.7. The van der Waals surface area contributed by atoms with Crippen molar-refractivity contribution in [3.05, 3.63) is 82.9 Å². The molecular weight excluding hydrogens is 408 g/mol. The number of hydrogen-bond acceptors (Lipinski definition) is 6. The van der Waals surface area contributed by atoms with Gasteiger partial charge in [0.05, 0.1) is 9.77 Å². The Morgan fingerprint density at radius 2 is 1.72 bits per heavy atom. The highest BCUT2D eigenvalue weighted by Crippen LogP contribution is 2.33. The van der Waals surface area contributed by atoms with E-state index in [1.54, 1.807) is 41.3 Å². The van der Waals surface area contributed by atoms with Gasteiger partial charge < -0.3 is 9.52 Å². The van der Waals surface area contributed by atoms with Crippen LogP contribution in [0.4, 0.5) is 0 Å². The minimum absolute atomic E-state index is 0.0610. The molecule has 0 aliphatic heterocycles. The largest absolute Gasteiger partial charge is 0.507 e. The van der Waals surface area contributed by atoms with Gasteiger partial charge in [0, 0.05) is 16.7 Å². The molecule has 0 fully saturated rings. The number of phenolic OH excluding ortho intramolecular Hbond substituents is 1. The third-order valence-electron chi connectivity index (χ3n) is 4.20. The summed E-state index contributed by atoms with van der Waals surface area (Å²) in [5.74, 6) is -0.661. The fourth-order valence-electron chi connectivity index (χ4n) is 2.82. The zero-order valence-corrected chi connectivity index (χ0v) is 16.7. The fraction of sp³-hybridized carbons (Fsp3) is 0.0476. The van der Waals surface area contributed by atoms with Crippen molar-refractivity contribution < 1.29 is 19.1 Å². The van der Waals surface area contributed by atoms with Gasteiger partial charge in [-0.2, -0.15) is 0 Å². The molecule has 0 atom stereocenters. The molecule has 0 unspecified atom stereocenters. The van der Waals surface area contributed by atoms with Crippen molar-refractivity contribution in [2.45, 2.75) is 9.96 Å². The number of rotatable bonds is 5. The first-order valence-electron chi connectivity index (χ1n) is 8.69. The van der Waals surface area contributed by atoms with Gasteiger partial charge in [0.25, 0.3) is 5.91 Å². The molecule has 0 aliphatic rings. The second-order valence-corrected chi connectivity index (χ2v) is 8.28. The molecule has 2 aromatic carbocycles. The van der Waals surface area contributed by atoms with E-state index >= 15 is 0 Å². The molecule has 0 radical (unpaired) electrons. The van der Waals surface area contributed by atoms with Gasteiger partial charge >= 0.3 is 5.91 Å². The highest BCUT2D eigenvalue weighted by atomic mass is 32.2. The van der Waals surface area contributed by atoms with Crippen molar-refractivity contribution in [3.63, 3.8) is 0 Å². The Morgan fingerprint density at radius 1 is 0.966 bits per heavy atom. The molecule has 3 N–H and O–H groups in total. The predicted molar refractivity (Wildman–Crippen MR) is 113 cm³/mol. The number of carbonyl (C=O) groups excluding carboxylic acids is 2. The molecular formula is C21H16N2O4S2. The summed E-state index contributed by atoms with van der Waals surface area (Å²) < 4.78 is 6.90. The van der Waals surface area contributed by atoms with Crippen LogP contribution in [-0.2, 0) is 5.75 Å². The number of benzene rings is 2. The number of aromatic hydroxyl groups is 1. The normalized spacial score (nSPS) is 10.8. The van der Waals surface area contributed by atoms with Crippen LogP contribution in [0.15, 0.2) is 74.7 Å². The molecule has 0 bridgehead atoms. The molecule has 2 amide bonds. The van der Waals surface area contributed by atoms with Crippen LogP contribution in [0.5, 0.6) is 5.75 Å². The average Bonchev–Trinajstić information content (AvgIpc) is 3.38. The number of amides is 2. The Kier molecular flexibility index (Phi) is 5.55. The Morgan fingerprint density at radius 3 is 2.52 bits per heavy atom. The second kappa shape index (κ2) is 8.42. The van der Waals surface area contributed by atoms with Crippen LogP contribution in [0.1, 0.15) is 26.5 Å². The maximum absolute atomic E-state index is 12.7. The molecule has 4 aromatic rings. The zero-order valence-electron chi connectivity index (χ0n) is 15.0. The topological polar surface area (TPSA) is 91.6 Å². The molecule has 2 heterocycles. The molecule has 4 rings (SSSR count). The number of fused-ring (bicyclic) bond motifs is 1. The maximum Gasteiger partial charge on any atom is 0.305 e.